The molecule has 5 nitrogen and oxygen atoms in total. The fourth-order valence-corrected chi connectivity index (χ4v) is 1.91. The molecule has 0 radical (unpaired) electrons. The number of carbonyl (C=O) groups is 2. The van der Waals surface area contributed by atoms with Gasteiger partial charge in [0.05, 0.1) is 0 Å². The van der Waals surface area contributed by atoms with Crippen LogP contribution in [-0.2, 0) is 11.3 Å². The minimum atomic E-state index is -0.997. The molecule has 20 heavy (non-hydrogen) atoms. The van der Waals surface area contributed by atoms with Crippen molar-refractivity contribution in [1.29, 1.82) is 0 Å². The largest absolute Gasteiger partial charge is 0.480 e. The molecular weight excluding hydrogens is 256 g/mol. The van der Waals surface area contributed by atoms with Crippen molar-refractivity contribution in [2.24, 2.45) is 0 Å². The Hall–Kier alpha value is -2.04. The van der Waals surface area contributed by atoms with Crippen molar-refractivity contribution in [3.63, 3.8) is 0 Å². The van der Waals surface area contributed by atoms with Crippen LogP contribution in [0.25, 0.3) is 0 Å². The summed E-state index contributed by atoms with van der Waals surface area (Å²) in [6, 6.07) is 9.44. The number of aliphatic carboxylic acids is 1. The first-order chi connectivity index (χ1) is 9.45. The van der Waals surface area contributed by atoms with Gasteiger partial charge in [0.15, 0.2) is 0 Å². The Kier molecular flexibility index (Phi) is 6.03. The third-order valence-corrected chi connectivity index (χ3v) is 3.04. The van der Waals surface area contributed by atoms with Gasteiger partial charge in [0.2, 0.25) is 0 Å². The van der Waals surface area contributed by atoms with Crippen LogP contribution in [0.2, 0.25) is 0 Å². The predicted molar refractivity (Wildman–Crippen MR) is 77.4 cm³/mol. The predicted octanol–water partition coefficient (Wildman–Crippen LogP) is 2.42. The van der Waals surface area contributed by atoms with E-state index < -0.39 is 5.97 Å². The monoisotopic (exact) mass is 278 g/mol. The molecule has 2 amide bonds. The number of amides is 2. The van der Waals surface area contributed by atoms with Crippen molar-refractivity contribution in [3.8, 4) is 0 Å². The summed E-state index contributed by atoms with van der Waals surface area (Å²) in [7, 11) is 0. The zero-order valence-corrected chi connectivity index (χ0v) is 12.2. The number of nitrogens with zero attached hydrogens (tertiary/aromatic N) is 2. The topological polar surface area (TPSA) is 60.9 Å². The SMILES string of the molecule is CCN(CC(=O)O)C(=O)N(Cc1ccccc1)C(C)C. The molecule has 1 N–H and O–H groups in total. The van der Waals surface area contributed by atoms with Crippen molar-refractivity contribution in [1.82, 2.24) is 9.80 Å². The summed E-state index contributed by atoms with van der Waals surface area (Å²) < 4.78 is 0. The molecule has 110 valence electrons. The highest BCUT2D eigenvalue weighted by Crippen LogP contribution is 2.11. The summed E-state index contributed by atoms with van der Waals surface area (Å²) in [6.07, 6.45) is 0. The molecule has 0 bridgehead atoms. The Morgan fingerprint density at radius 2 is 1.80 bits per heavy atom. The lowest BCUT2D eigenvalue weighted by Crippen LogP contribution is -2.47. The Labute approximate surface area is 119 Å². The molecule has 0 aromatic heterocycles. The maximum atomic E-state index is 12.4. The second-order valence-corrected chi connectivity index (χ2v) is 4.90. The first-order valence-electron chi connectivity index (χ1n) is 6.77. The van der Waals surface area contributed by atoms with Crippen LogP contribution in [0.3, 0.4) is 0 Å². The lowest BCUT2D eigenvalue weighted by molar-refractivity contribution is -0.137. The van der Waals surface area contributed by atoms with Crippen molar-refractivity contribution in [2.75, 3.05) is 13.1 Å². The van der Waals surface area contributed by atoms with E-state index in [0.717, 1.165) is 5.56 Å². The minimum absolute atomic E-state index is 0.00514. The van der Waals surface area contributed by atoms with Crippen molar-refractivity contribution < 1.29 is 14.7 Å². The summed E-state index contributed by atoms with van der Waals surface area (Å²) in [5, 5.41) is 8.86. The molecule has 5 heteroatoms. The summed E-state index contributed by atoms with van der Waals surface area (Å²) >= 11 is 0. The smallest absolute Gasteiger partial charge is 0.323 e. The van der Waals surface area contributed by atoms with E-state index in [1.807, 2.05) is 44.2 Å². The number of benzene rings is 1. The highest BCUT2D eigenvalue weighted by atomic mass is 16.4. The quantitative estimate of drug-likeness (QED) is 0.869. The van der Waals surface area contributed by atoms with E-state index in [2.05, 4.69) is 0 Å². The molecule has 0 aliphatic rings. The molecule has 0 spiro atoms. The molecule has 0 saturated heterocycles. The number of hydrogen-bond donors (Lipinski definition) is 1. The van der Waals surface area contributed by atoms with Crippen LogP contribution in [-0.4, -0.2) is 46.0 Å². The number of urea groups is 1. The van der Waals surface area contributed by atoms with Gasteiger partial charge in [0.1, 0.15) is 6.54 Å². The first kappa shape index (κ1) is 16.0. The van der Waals surface area contributed by atoms with Crippen molar-refractivity contribution >= 4 is 12.0 Å². The molecule has 0 unspecified atom stereocenters. The number of carbonyl (C=O) groups excluding carboxylic acids is 1. The van der Waals surface area contributed by atoms with Gasteiger partial charge < -0.3 is 14.9 Å². The Bertz CT molecular complexity index is 446. The molecule has 1 aromatic rings. The molecule has 1 rings (SSSR count). The number of likely N-dealkylation sites (N-methyl/N-ethyl adjacent to an activating group) is 1. The number of carboxylic acid groups (broad SMARTS) is 1. The summed E-state index contributed by atoms with van der Waals surface area (Å²) in [4.78, 5) is 26.3. The van der Waals surface area contributed by atoms with Gasteiger partial charge in [0, 0.05) is 19.1 Å². The standard InChI is InChI=1S/C15H22N2O3/c1-4-16(11-14(18)19)15(20)17(12(2)3)10-13-8-6-5-7-9-13/h5-9,12H,4,10-11H2,1-3H3,(H,18,19). The highest BCUT2D eigenvalue weighted by molar-refractivity contribution is 5.80. The first-order valence-corrected chi connectivity index (χ1v) is 6.77. The molecule has 0 atom stereocenters. The fraction of sp³-hybridized carbons (Fsp3) is 0.467. The van der Waals surface area contributed by atoms with E-state index in [0.29, 0.717) is 13.1 Å². The maximum absolute atomic E-state index is 12.4. The van der Waals surface area contributed by atoms with E-state index in [1.54, 1.807) is 11.8 Å². The third-order valence-electron chi connectivity index (χ3n) is 3.04. The van der Waals surface area contributed by atoms with E-state index in [4.69, 9.17) is 5.11 Å². The van der Waals surface area contributed by atoms with Gasteiger partial charge in [-0.1, -0.05) is 30.3 Å². The Morgan fingerprint density at radius 3 is 2.25 bits per heavy atom. The lowest BCUT2D eigenvalue weighted by atomic mass is 10.2. The lowest BCUT2D eigenvalue weighted by Gasteiger charge is -2.32. The van der Waals surface area contributed by atoms with E-state index in [1.165, 1.54) is 4.90 Å². The second-order valence-electron chi connectivity index (χ2n) is 4.90. The Balaban J connectivity index is 2.84. The molecule has 0 fully saturated rings. The number of hydrogen-bond acceptors (Lipinski definition) is 2. The average Bonchev–Trinajstić information content (AvgIpc) is 2.42. The van der Waals surface area contributed by atoms with Crippen LogP contribution in [0, 0.1) is 0 Å². The average molecular weight is 278 g/mol. The normalized spacial score (nSPS) is 10.4. The van der Waals surface area contributed by atoms with E-state index in [-0.39, 0.29) is 18.6 Å². The van der Waals surface area contributed by atoms with Gasteiger partial charge in [-0.2, -0.15) is 0 Å². The van der Waals surface area contributed by atoms with Gasteiger partial charge >= 0.3 is 12.0 Å². The number of carboxylic acids is 1. The summed E-state index contributed by atoms with van der Waals surface area (Å²) in [6.45, 7) is 6.22. The van der Waals surface area contributed by atoms with E-state index >= 15 is 0 Å². The van der Waals surface area contributed by atoms with Gasteiger partial charge in [-0.05, 0) is 26.3 Å². The minimum Gasteiger partial charge on any atom is -0.480 e. The zero-order chi connectivity index (χ0) is 15.1. The molecule has 0 saturated carbocycles. The van der Waals surface area contributed by atoms with Gasteiger partial charge in [-0.15, -0.1) is 0 Å². The van der Waals surface area contributed by atoms with Crippen molar-refractivity contribution in [3.05, 3.63) is 35.9 Å². The molecule has 1 aromatic carbocycles. The van der Waals surface area contributed by atoms with Crippen LogP contribution in [0.4, 0.5) is 4.79 Å². The maximum Gasteiger partial charge on any atom is 0.323 e. The molecule has 0 aliphatic carbocycles. The van der Waals surface area contributed by atoms with Gasteiger partial charge in [-0.3, -0.25) is 4.79 Å². The third kappa shape index (κ3) is 4.57. The summed E-state index contributed by atoms with van der Waals surface area (Å²) in [5.41, 5.74) is 1.03. The van der Waals surface area contributed by atoms with Crippen LogP contribution in [0.1, 0.15) is 26.3 Å². The zero-order valence-electron chi connectivity index (χ0n) is 12.2. The second kappa shape index (κ2) is 7.53. The van der Waals surface area contributed by atoms with Gasteiger partial charge in [-0.25, -0.2) is 4.79 Å². The number of rotatable bonds is 6. The van der Waals surface area contributed by atoms with Crippen LogP contribution in [0.15, 0.2) is 30.3 Å². The molecular formula is C15H22N2O3. The highest BCUT2D eigenvalue weighted by Gasteiger charge is 2.23. The fourth-order valence-electron chi connectivity index (χ4n) is 1.91. The molecule has 0 aliphatic heterocycles. The van der Waals surface area contributed by atoms with Crippen LogP contribution < -0.4 is 0 Å². The van der Waals surface area contributed by atoms with Crippen LogP contribution >= 0.6 is 0 Å². The van der Waals surface area contributed by atoms with Gasteiger partial charge in [0.25, 0.3) is 0 Å². The van der Waals surface area contributed by atoms with Crippen LogP contribution in [0.5, 0.6) is 0 Å². The van der Waals surface area contributed by atoms with Crippen molar-refractivity contribution in [2.45, 2.75) is 33.4 Å². The summed E-state index contributed by atoms with van der Waals surface area (Å²) in [5.74, 6) is -0.997. The van der Waals surface area contributed by atoms with E-state index in [9.17, 15) is 9.59 Å². The Morgan fingerprint density at radius 1 is 1.20 bits per heavy atom. The molecule has 0 heterocycles.